The second-order valence-electron chi connectivity index (χ2n) is 8.82. The van der Waals surface area contributed by atoms with Crippen molar-refractivity contribution in [1.29, 1.82) is 0 Å². The lowest BCUT2D eigenvalue weighted by Gasteiger charge is -2.34. The van der Waals surface area contributed by atoms with Gasteiger partial charge >= 0.3 is 0 Å². The van der Waals surface area contributed by atoms with Gasteiger partial charge in [0.25, 0.3) is 10.0 Å². The summed E-state index contributed by atoms with van der Waals surface area (Å²) in [7, 11) is -2.28. The van der Waals surface area contributed by atoms with Crippen molar-refractivity contribution >= 4 is 26.6 Å². The van der Waals surface area contributed by atoms with Crippen LogP contribution in [-0.2, 0) is 10.0 Å². The van der Waals surface area contributed by atoms with Crippen LogP contribution < -0.4 is 4.90 Å². The molecular weight excluding hydrogens is 460 g/mol. The molecule has 2 unspecified atom stereocenters. The summed E-state index contributed by atoms with van der Waals surface area (Å²) < 4.78 is 58.2. The molecule has 10 heteroatoms. The molecule has 7 nitrogen and oxygen atoms in total. The number of pyridine rings is 2. The zero-order valence-corrected chi connectivity index (χ0v) is 19.1. The summed E-state index contributed by atoms with van der Waals surface area (Å²) in [5, 5.41) is 0.618. The molecule has 0 amide bonds. The number of likely N-dealkylation sites (tertiary alicyclic amines) is 1. The number of halogens is 2. The van der Waals surface area contributed by atoms with E-state index in [2.05, 4.69) is 14.9 Å². The number of hydrogen-bond donors (Lipinski definition) is 0. The van der Waals surface area contributed by atoms with Crippen LogP contribution in [0.3, 0.4) is 0 Å². The summed E-state index contributed by atoms with van der Waals surface area (Å²) in [4.78, 5) is 11.9. The van der Waals surface area contributed by atoms with E-state index in [4.69, 9.17) is 0 Å². The second-order valence-corrected chi connectivity index (χ2v) is 10.6. The van der Waals surface area contributed by atoms with Crippen LogP contribution in [0.2, 0.25) is 0 Å². The Kier molecular flexibility index (Phi) is 4.72. The Labute approximate surface area is 195 Å². The number of anilines is 1. The van der Waals surface area contributed by atoms with E-state index >= 15 is 8.78 Å². The van der Waals surface area contributed by atoms with Crippen molar-refractivity contribution in [1.82, 2.24) is 18.8 Å². The maximum Gasteiger partial charge on any atom is 0.268 e. The molecule has 0 N–H and O–H groups in total. The van der Waals surface area contributed by atoms with Gasteiger partial charge in [-0.3, -0.25) is 14.9 Å². The first-order chi connectivity index (χ1) is 16.3. The maximum atomic E-state index is 15.2. The van der Waals surface area contributed by atoms with Gasteiger partial charge in [0.15, 0.2) is 11.6 Å². The summed E-state index contributed by atoms with van der Waals surface area (Å²) in [6, 6.07) is 9.13. The molecule has 0 saturated carbocycles. The van der Waals surface area contributed by atoms with Crippen LogP contribution in [0.25, 0.3) is 22.2 Å². The first-order valence-corrected chi connectivity index (χ1v) is 12.4. The van der Waals surface area contributed by atoms with Crippen LogP contribution in [0.15, 0.2) is 66.1 Å². The fourth-order valence-electron chi connectivity index (χ4n) is 5.19. The van der Waals surface area contributed by atoms with Gasteiger partial charge in [0.05, 0.1) is 22.3 Å². The van der Waals surface area contributed by atoms with E-state index in [9.17, 15) is 8.42 Å². The van der Waals surface area contributed by atoms with Crippen LogP contribution >= 0.6 is 0 Å². The third-order valence-electron chi connectivity index (χ3n) is 6.87. The standard InChI is InChI=1S/C24H21F2N5O2S/c1-29-13-16-8-15(29)14-30(16)24-20(25)9-17(10-21(24)26)34(32,33)31-7-5-18-19(11-27-12-23(18)31)22-4-2-3-6-28-22/h2-7,9-12,15-16H,8,13-14H2,1H3. The zero-order chi connectivity index (χ0) is 23.6. The number of hydrogen-bond acceptors (Lipinski definition) is 6. The van der Waals surface area contributed by atoms with Gasteiger partial charge in [-0.05, 0) is 43.8 Å². The molecule has 1 aromatic carbocycles. The Balaban J connectivity index is 1.41. The minimum Gasteiger partial charge on any atom is -0.361 e. The highest BCUT2D eigenvalue weighted by Crippen LogP contribution is 2.38. The van der Waals surface area contributed by atoms with E-state index in [-0.39, 0.29) is 17.8 Å². The number of fused-ring (bicyclic) bond motifs is 3. The molecule has 2 bridgehead atoms. The molecule has 2 aliphatic rings. The van der Waals surface area contributed by atoms with Gasteiger partial charge in [-0.25, -0.2) is 21.2 Å². The third-order valence-corrected chi connectivity index (χ3v) is 8.54. The first kappa shape index (κ1) is 21.2. The molecule has 4 aromatic rings. The number of benzene rings is 1. The van der Waals surface area contributed by atoms with Gasteiger partial charge in [0.1, 0.15) is 5.69 Å². The highest BCUT2D eigenvalue weighted by molar-refractivity contribution is 7.90. The maximum absolute atomic E-state index is 15.2. The van der Waals surface area contributed by atoms with Crippen molar-refractivity contribution in [3.8, 4) is 11.3 Å². The normalized spacial score (nSPS) is 20.5. The Morgan fingerprint density at radius 2 is 1.82 bits per heavy atom. The van der Waals surface area contributed by atoms with Crippen molar-refractivity contribution in [2.75, 3.05) is 25.0 Å². The molecule has 6 rings (SSSR count). The summed E-state index contributed by atoms with van der Waals surface area (Å²) in [5.74, 6) is -1.75. The molecular formula is C24H21F2N5O2S. The number of likely N-dealkylation sites (N-methyl/N-ethyl adjacent to an activating group) is 1. The number of piperazine rings is 1. The van der Waals surface area contributed by atoms with Crippen molar-refractivity contribution in [2.24, 2.45) is 0 Å². The van der Waals surface area contributed by atoms with Gasteiger partial charge < -0.3 is 4.90 Å². The van der Waals surface area contributed by atoms with Crippen molar-refractivity contribution < 1.29 is 17.2 Å². The number of aromatic nitrogens is 3. The van der Waals surface area contributed by atoms with E-state index in [0.29, 0.717) is 28.7 Å². The Morgan fingerprint density at radius 1 is 1.03 bits per heavy atom. The third kappa shape index (κ3) is 3.13. The minimum absolute atomic E-state index is 0.0194. The van der Waals surface area contributed by atoms with Crippen molar-refractivity contribution in [2.45, 2.75) is 23.4 Å². The predicted molar refractivity (Wildman–Crippen MR) is 124 cm³/mol. The van der Waals surface area contributed by atoms with Crippen molar-refractivity contribution in [3.05, 3.63) is 72.8 Å². The van der Waals surface area contributed by atoms with Crippen LogP contribution in [0.1, 0.15) is 6.42 Å². The molecule has 2 aliphatic heterocycles. The lowest BCUT2D eigenvalue weighted by Crippen LogP contribution is -2.45. The summed E-state index contributed by atoms with van der Waals surface area (Å²) in [5.41, 5.74) is 1.44. The Hall–Kier alpha value is -3.37. The topological polar surface area (TPSA) is 71.3 Å². The molecule has 0 aliphatic carbocycles. The number of rotatable bonds is 4. The lowest BCUT2D eigenvalue weighted by atomic mass is 10.1. The molecule has 174 valence electrons. The first-order valence-electron chi connectivity index (χ1n) is 10.9. The van der Waals surface area contributed by atoms with Crippen molar-refractivity contribution in [3.63, 3.8) is 0 Å². The molecule has 2 atom stereocenters. The summed E-state index contributed by atoms with van der Waals surface area (Å²) in [6.45, 7) is 1.25. The average Bonchev–Trinajstić information content (AvgIpc) is 3.53. The largest absolute Gasteiger partial charge is 0.361 e. The molecule has 2 saturated heterocycles. The SMILES string of the molecule is CN1CC2CC1CN2c1c(F)cc(S(=O)(=O)n2ccc3c(-c4ccccn4)cncc32)cc1F. The van der Waals surface area contributed by atoms with Crippen LogP contribution in [0, 0.1) is 11.6 Å². The Bertz CT molecular complexity index is 1500. The van der Waals surface area contributed by atoms with Gasteiger partial charge in [-0.2, -0.15) is 0 Å². The summed E-state index contributed by atoms with van der Waals surface area (Å²) >= 11 is 0. The minimum atomic E-state index is -4.28. The van der Waals surface area contributed by atoms with E-state index in [0.717, 1.165) is 29.1 Å². The molecule has 2 fully saturated rings. The monoisotopic (exact) mass is 481 g/mol. The lowest BCUT2D eigenvalue weighted by molar-refractivity contribution is 0.291. The fourth-order valence-corrected chi connectivity index (χ4v) is 6.54. The van der Waals surface area contributed by atoms with Crippen LogP contribution in [-0.4, -0.2) is 59.5 Å². The summed E-state index contributed by atoms with van der Waals surface area (Å²) in [6.07, 6.45) is 6.87. The molecule has 34 heavy (non-hydrogen) atoms. The Morgan fingerprint density at radius 3 is 2.47 bits per heavy atom. The molecule has 5 heterocycles. The van der Waals surface area contributed by atoms with Crippen LogP contribution in [0.5, 0.6) is 0 Å². The van der Waals surface area contributed by atoms with E-state index in [1.807, 2.05) is 13.1 Å². The van der Waals surface area contributed by atoms with E-state index in [1.165, 1.54) is 12.4 Å². The highest BCUT2D eigenvalue weighted by atomic mass is 32.2. The fraction of sp³-hybridized carbons (Fsp3) is 0.250. The second kappa shape index (κ2) is 7.57. The highest BCUT2D eigenvalue weighted by Gasteiger charge is 2.43. The van der Waals surface area contributed by atoms with Crippen LogP contribution in [0.4, 0.5) is 14.5 Å². The number of nitrogens with zero attached hydrogens (tertiary/aromatic N) is 5. The van der Waals surface area contributed by atoms with Gasteiger partial charge in [-0.15, -0.1) is 0 Å². The quantitative estimate of drug-likeness (QED) is 0.444. The average molecular weight is 482 g/mol. The van der Waals surface area contributed by atoms with E-state index in [1.54, 1.807) is 35.5 Å². The van der Waals surface area contributed by atoms with Gasteiger partial charge in [0, 0.05) is 54.7 Å². The zero-order valence-electron chi connectivity index (χ0n) is 18.3. The van der Waals surface area contributed by atoms with Gasteiger partial charge in [-0.1, -0.05) is 6.07 Å². The smallest absolute Gasteiger partial charge is 0.268 e. The molecule has 3 aromatic heterocycles. The predicted octanol–water partition coefficient (Wildman–Crippen LogP) is 3.51. The van der Waals surface area contributed by atoms with Gasteiger partial charge in [0.2, 0.25) is 0 Å². The van der Waals surface area contributed by atoms with E-state index < -0.39 is 26.6 Å². The molecule has 0 radical (unpaired) electrons. The molecule has 0 spiro atoms.